The number of benzene rings is 3. The number of hydrogen-bond acceptors (Lipinski definition) is 6. The lowest BCUT2D eigenvalue weighted by molar-refractivity contribution is 0.101. The molecule has 3 aromatic carbocycles. The molecule has 0 saturated carbocycles. The Morgan fingerprint density at radius 3 is 2.46 bits per heavy atom. The Balaban J connectivity index is 1.45. The SMILES string of the molecule is CCCNc1ccc(F)c(C(=O)C2=CN(C(=O)OCc3ccc(O)cc3)C(=N)C2[C@H]2C=C2c2ccc(Cl)cc2)c1F. The van der Waals surface area contributed by atoms with E-state index >= 15 is 4.39 Å². The minimum atomic E-state index is -1.05. The quantitative estimate of drug-likeness (QED) is 0.234. The summed E-state index contributed by atoms with van der Waals surface area (Å²) in [4.78, 5) is 27.7. The molecule has 0 saturated heterocycles. The van der Waals surface area contributed by atoms with E-state index < -0.39 is 40.9 Å². The first-order valence-electron chi connectivity index (χ1n) is 13.0. The van der Waals surface area contributed by atoms with Crippen LogP contribution in [0.15, 0.2) is 78.5 Å². The van der Waals surface area contributed by atoms with Crippen LogP contribution in [-0.4, -0.2) is 34.3 Å². The van der Waals surface area contributed by atoms with Crippen LogP contribution in [0.2, 0.25) is 5.02 Å². The number of amides is 1. The van der Waals surface area contributed by atoms with Gasteiger partial charge in [0.2, 0.25) is 0 Å². The molecule has 0 bridgehead atoms. The number of aromatic hydroxyl groups is 1. The highest BCUT2D eigenvalue weighted by Crippen LogP contribution is 2.49. The van der Waals surface area contributed by atoms with E-state index in [-0.39, 0.29) is 29.5 Å². The van der Waals surface area contributed by atoms with Gasteiger partial charge in [0.25, 0.3) is 0 Å². The number of nitrogens with zero attached hydrogens (tertiary/aromatic N) is 1. The van der Waals surface area contributed by atoms with Gasteiger partial charge in [-0.3, -0.25) is 10.2 Å². The minimum absolute atomic E-state index is 0.0154. The summed E-state index contributed by atoms with van der Waals surface area (Å²) in [5, 5.41) is 21.7. The molecule has 0 radical (unpaired) electrons. The number of phenolic OH excluding ortho intramolecular Hbond substituents is 1. The number of nitrogens with one attached hydrogen (secondary N) is 2. The standard InChI is InChI=1S/C31H26ClF2N3O4/c1-2-13-36-25-12-11-24(33)27(28(25)34)29(39)23-15-37(31(40)41-16-17-3-9-20(38)10-4-17)30(35)26(23)22-14-21(22)18-5-7-19(32)8-6-18/h3-12,14-15,22,26,35-36,38H,2,13,16H2,1H3/t22-,26?/m0/s1. The Labute approximate surface area is 240 Å². The summed E-state index contributed by atoms with van der Waals surface area (Å²) in [5.41, 5.74) is 1.34. The lowest BCUT2D eigenvalue weighted by atomic mass is 9.86. The summed E-state index contributed by atoms with van der Waals surface area (Å²) < 4.78 is 35.7. The van der Waals surface area contributed by atoms with Crippen LogP contribution in [0.5, 0.6) is 5.75 Å². The number of carbonyl (C=O) groups excluding carboxylic acids is 2. The molecule has 7 nitrogen and oxygen atoms in total. The number of amidine groups is 1. The van der Waals surface area contributed by atoms with Gasteiger partial charge < -0.3 is 15.2 Å². The highest BCUT2D eigenvalue weighted by atomic mass is 35.5. The molecular formula is C31H26ClF2N3O4. The first-order chi connectivity index (χ1) is 19.7. The largest absolute Gasteiger partial charge is 0.508 e. The number of hydrogen-bond donors (Lipinski definition) is 3. The van der Waals surface area contributed by atoms with Crippen LogP contribution in [0.3, 0.4) is 0 Å². The molecule has 2 aliphatic rings. The van der Waals surface area contributed by atoms with E-state index in [1.807, 2.05) is 13.0 Å². The van der Waals surface area contributed by atoms with Crippen LogP contribution in [0.1, 0.15) is 34.8 Å². The van der Waals surface area contributed by atoms with Crippen molar-refractivity contribution in [2.75, 3.05) is 11.9 Å². The van der Waals surface area contributed by atoms with Gasteiger partial charge in [-0.1, -0.05) is 48.9 Å². The number of ketones is 1. The number of ether oxygens (including phenoxy) is 1. The Bertz CT molecular complexity index is 1590. The van der Waals surface area contributed by atoms with E-state index in [1.54, 1.807) is 36.4 Å². The fourth-order valence-corrected chi connectivity index (χ4v) is 4.89. The fourth-order valence-electron chi connectivity index (χ4n) is 4.76. The third kappa shape index (κ3) is 5.71. The van der Waals surface area contributed by atoms with Crippen molar-refractivity contribution in [2.24, 2.45) is 11.8 Å². The van der Waals surface area contributed by atoms with E-state index in [0.717, 1.165) is 28.3 Å². The number of allylic oxidation sites excluding steroid dienone is 2. The predicted octanol–water partition coefficient (Wildman–Crippen LogP) is 7.17. The number of phenols is 1. The number of rotatable bonds is 9. The normalized spacial score (nSPS) is 17.7. The Hall–Kier alpha value is -4.50. The third-order valence-corrected chi connectivity index (χ3v) is 7.20. The van der Waals surface area contributed by atoms with Crippen molar-refractivity contribution >= 4 is 40.6 Å². The van der Waals surface area contributed by atoms with Crippen LogP contribution in [0.4, 0.5) is 19.3 Å². The van der Waals surface area contributed by atoms with Gasteiger partial charge in [0.1, 0.15) is 24.0 Å². The zero-order valence-corrected chi connectivity index (χ0v) is 22.7. The maximum Gasteiger partial charge on any atom is 0.419 e. The second kappa shape index (κ2) is 11.5. The van der Waals surface area contributed by atoms with Crippen molar-refractivity contribution in [3.05, 3.63) is 112 Å². The first kappa shape index (κ1) is 28.0. The van der Waals surface area contributed by atoms with E-state index in [1.165, 1.54) is 18.2 Å². The summed E-state index contributed by atoms with van der Waals surface area (Å²) >= 11 is 6.01. The van der Waals surface area contributed by atoms with Crippen molar-refractivity contribution in [3.8, 4) is 5.75 Å². The van der Waals surface area contributed by atoms with E-state index in [9.17, 15) is 19.1 Å². The van der Waals surface area contributed by atoms with Crippen LogP contribution in [0.25, 0.3) is 5.57 Å². The fraction of sp³-hybridized carbons (Fsp3) is 0.194. The van der Waals surface area contributed by atoms with Crippen molar-refractivity contribution in [3.63, 3.8) is 0 Å². The minimum Gasteiger partial charge on any atom is -0.508 e. The summed E-state index contributed by atoms with van der Waals surface area (Å²) in [6.45, 7) is 2.15. The Kier molecular flexibility index (Phi) is 7.90. The molecule has 1 heterocycles. The maximum atomic E-state index is 15.4. The van der Waals surface area contributed by atoms with Crippen LogP contribution in [-0.2, 0) is 11.3 Å². The van der Waals surface area contributed by atoms with Crippen LogP contribution in [0, 0.1) is 28.9 Å². The average molecular weight is 578 g/mol. The summed E-state index contributed by atoms with van der Waals surface area (Å²) in [5.74, 6) is -4.67. The molecule has 41 heavy (non-hydrogen) atoms. The second-order valence-electron chi connectivity index (χ2n) is 9.73. The lowest BCUT2D eigenvalue weighted by Crippen LogP contribution is -2.33. The summed E-state index contributed by atoms with van der Waals surface area (Å²) in [7, 11) is 0. The molecule has 3 N–H and O–H groups in total. The van der Waals surface area contributed by atoms with Gasteiger partial charge in [0, 0.05) is 29.3 Å². The van der Waals surface area contributed by atoms with E-state index in [0.29, 0.717) is 23.6 Å². The maximum absolute atomic E-state index is 15.4. The van der Waals surface area contributed by atoms with Gasteiger partial charge in [-0.2, -0.15) is 0 Å². The lowest BCUT2D eigenvalue weighted by Gasteiger charge is -2.19. The first-order valence-corrected chi connectivity index (χ1v) is 13.4. The zero-order valence-electron chi connectivity index (χ0n) is 22.0. The molecule has 0 fully saturated rings. The molecule has 1 aliphatic heterocycles. The monoisotopic (exact) mass is 577 g/mol. The number of anilines is 1. The van der Waals surface area contributed by atoms with Crippen molar-refractivity contribution < 1.29 is 28.2 Å². The highest BCUT2D eigenvalue weighted by molar-refractivity contribution is 6.30. The Morgan fingerprint density at radius 2 is 1.78 bits per heavy atom. The summed E-state index contributed by atoms with van der Waals surface area (Å²) in [6, 6.07) is 15.3. The molecule has 210 valence electrons. The molecule has 1 amide bonds. The van der Waals surface area contributed by atoms with Crippen molar-refractivity contribution in [2.45, 2.75) is 20.0 Å². The molecule has 2 atom stereocenters. The number of Topliss-reactive ketones (excluding diaryl/α,β-unsaturated/α-hetero) is 1. The van der Waals surface area contributed by atoms with Gasteiger partial charge >= 0.3 is 6.09 Å². The van der Waals surface area contributed by atoms with E-state index in [4.69, 9.17) is 21.7 Å². The molecule has 1 aliphatic carbocycles. The topological polar surface area (TPSA) is 103 Å². The van der Waals surface area contributed by atoms with Crippen molar-refractivity contribution in [1.29, 1.82) is 5.41 Å². The summed E-state index contributed by atoms with van der Waals surface area (Å²) in [6.07, 6.45) is 2.72. The zero-order chi connectivity index (χ0) is 29.3. The van der Waals surface area contributed by atoms with Gasteiger partial charge in [0.05, 0.1) is 17.2 Å². The van der Waals surface area contributed by atoms with Gasteiger partial charge in [-0.25, -0.2) is 18.5 Å². The van der Waals surface area contributed by atoms with Gasteiger partial charge in [-0.15, -0.1) is 0 Å². The van der Waals surface area contributed by atoms with Crippen LogP contribution >= 0.6 is 11.6 Å². The molecule has 1 unspecified atom stereocenters. The van der Waals surface area contributed by atoms with Gasteiger partial charge in [-0.05, 0) is 59.5 Å². The Morgan fingerprint density at radius 1 is 1.07 bits per heavy atom. The molecule has 3 aromatic rings. The third-order valence-electron chi connectivity index (χ3n) is 6.94. The molecule has 10 heteroatoms. The molecule has 0 spiro atoms. The average Bonchev–Trinajstić information content (AvgIpc) is 3.67. The number of halogens is 3. The van der Waals surface area contributed by atoms with E-state index in [2.05, 4.69) is 5.32 Å². The molecule has 5 rings (SSSR count). The highest BCUT2D eigenvalue weighted by Gasteiger charge is 2.48. The molecular weight excluding hydrogens is 552 g/mol. The molecule has 0 aromatic heterocycles. The second-order valence-corrected chi connectivity index (χ2v) is 10.2. The predicted molar refractivity (Wildman–Crippen MR) is 152 cm³/mol. The van der Waals surface area contributed by atoms with Crippen LogP contribution < -0.4 is 5.32 Å². The van der Waals surface area contributed by atoms with Crippen molar-refractivity contribution in [1.82, 2.24) is 4.90 Å². The smallest absolute Gasteiger partial charge is 0.419 e. The van der Waals surface area contributed by atoms with Gasteiger partial charge in [0.15, 0.2) is 11.6 Å². The number of carbonyl (C=O) groups is 2.